The van der Waals surface area contributed by atoms with Crippen molar-refractivity contribution in [2.75, 3.05) is 0 Å². The molecule has 0 saturated heterocycles. The fourth-order valence-corrected chi connectivity index (χ4v) is 14.1. The molecule has 0 spiro atoms. The van der Waals surface area contributed by atoms with Crippen LogP contribution in [0.5, 0.6) is 0 Å². The summed E-state index contributed by atoms with van der Waals surface area (Å²) in [6.45, 7) is 0. The van der Waals surface area contributed by atoms with Crippen molar-refractivity contribution < 1.29 is 0 Å². The summed E-state index contributed by atoms with van der Waals surface area (Å²) in [4.78, 5) is 0. The van der Waals surface area contributed by atoms with E-state index in [-0.39, 0.29) is 0 Å². The number of hydrogen-bond acceptors (Lipinski definition) is 0. The van der Waals surface area contributed by atoms with Gasteiger partial charge in [-0.2, -0.15) is 0 Å². The van der Waals surface area contributed by atoms with Crippen molar-refractivity contribution in [2.24, 2.45) is 0 Å². The Kier molecular flexibility index (Phi) is 7.46. The highest BCUT2D eigenvalue weighted by atomic mass is 14.4. The lowest BCUT2D eigenvalue weighted by molar-refractivity contribution is 0.445. The minimum atomic E-state index is 0.573. The first-order valence-corrected chi connectivity index (χ1v) is 24.3. The largest absolute Gasteiger partial charge is 0.0622 e. The SMILES string of the molecule is c1ccc(-c2c3c(c(-c4ccccc4)c4ccccc24)-c2ccc4c5cc6c(C7CCCCC7)c7c8cccc9cccc(c7c(C7CCCCC7)c6cc5c5ccc-3c2c54)c98)cc1. The summed E-state index contributed by atoms with van der Waals surface area (Å²) >= 11 is 0. The van der Waals surface area contributed by atoms with Crippen LogP contribution in [-0.2, 0) is 0 Å². The van der Waals surface area contributed by atoms with Crippen LogP contribution in [0.4, 0.5) is 0 Å². The second-order valence-electron chi connectivity index (χ2n) is 19.7. The smallest absolute Gasteiger partial charge is 0.000740 e. The Morgan fingerprint density at radius 1 is 0.266 bits per heavy atom. The molecule has 2 fully saturated rings. The second kappa shape index (κ2) is 13.4. The monoisotopic (exact) mass is 816 g/mol. The fourth-order valence-electron chi connectivity index (χ4n) is 14.1. The van der Waals surface area contributed by atoms with Gasteiger partial charge in [-0.1, -0.05) is 184 Å². The lowest BCUT2D eigenvalue weighted by Gasteiger charge is -2.29. The van der Waals surface area contributed by atoms with Crippen LogP contribution in [0, 0.1) is 0 Å². The van der Waals surface area contributed by atoms with Crippen LogP contribution in [0.15, 0.2) is 158 Å². The Hall–Kier alpha value is -6.76. The van der Waals surface area contributed by atoms with Gasteiger partial charge in [0.2, 0.25) is 0 Å². The van der Waals surface area contributed by atoms with E-state index >= 15 is 0 Å². The first-order chi connectivity index (χ1) is 31.8. The summed E-state index contributed by atoms with van der Waals surface area (Å²) in [5, 5.41) is 23.3. The highest BCUT2D eigenvalue weighted by molar-refractivity contribution is 6.40. The number of benzene rings is 10. The van der Waals surface area contributed by atoms with Gasteiger partial charge in [-0.25, -0.2) is 0 Å². The van der Waals surface area contributed by atoms with Crippen LogP contribution in [0.2, 0.25) is 0 Å². The molecule has 304 valence electrons. The third-order valence-electron chi connectivity index (χ3n) is 16.6. The van der Waals surface area contributed by atoms with Crippen molar-refractivity contribution in [1.82, 2.24) is 0 Å². The summed E-state index contributed by atoms with van der Waals surface area (Å²) in [6, 6.07) is 61.3. The third kappa shape index (κ3) is 4.69. The van der Waals surface area contributed by atoms with Crippen molar-refractivity contribution >= 4 is 86.2 Å². The standard InChI is InChI=1S/C64H48/c1-5-17-38(18-6-1)55-42-27-13-14-28-43(42)56(39-19-7-2-8-20-39)64-49-34-32-45-51-36-53-52(35-50(51)44-31-33-48(63(55)64)60(49)59(44)45)57(40-21-9-3-10-22-40)61-46-29-15-25-37-26-16-30-47(54(37)46)62(61)58(53)41-23-11-4-12-24-41/h1-2,5-8,13-20,25-36,40-41H,3-4,9-12,21-24H2. The molecule has 64 heavy (non-hydrogen) atoms. The maximum atomic E-state index is 2.72. The Morgan fingerprint density at radius 3 is 1.17 bits per heavy atom. The van der Waals surface area contributed by atoms with E-state index in [9.17, 15) is 0 Å². The van der Waals surface area contributed by atoms with Crippen molar-refractivity contribution in [3.05, 3.63) is 169 Å². The molecule has 0 heterocycles. The van der Waals surface area contributed by atoms with Gasteiger partial charge in [0.05, 0.1) is 0 Å². The molecule has 12 aromatic rings. The zero-order valence-corrected chi connectivity index (χ0v) is 36.2. The summed E-state index contributed by atoms with van der Waals surface area (Å²) in [5.41, 5.74) is 14.1. The van der Waals surface area contributed by atoms with E-state index in [1.165, 1.54) is 173 Å². The molecule has 0 heteroatoms. The molecule has 15 rings (SSSR count). The highest BCUT2D eigenvalue weighted by Gasteiger charge is 2.34. The topological polar surface area (TPSA) is 0 Å². The highest BCUT2D eigenvalue weighted by Crippen LogP contribution is 2.61. The van der Waals surface area contributed by atoms with Crippen LogP contribution >= 0.6 is 0 Å². The Morgan fingerprint density at radius 2 is 0.703 bits per heavy atom. The molecule has 0 bridgehead atoms. The van der Waals surface area contributed by atoms with Crippen LogP contribution in [0.1, 0.15) is 87.2 Å². The second-order valence-corrected chi connectivity index (χ2v) is 19.7. The van der Waals surface area contributed by atoms with Crippen LogP contribution in [0.3, 0.4) is 0 Å². The number of fused-ring (bicyclic) bond motifs is 11. The zero-order chi connectivity index (χ0) is 41.6. The van der Waals surface area contributed by atoms with Crippen LogP contribution in [0.25, 0.3) is 131 Å². The molecule has 0 amide bonds. The Labute approximate surface area is 373 Å². The average molecular weight is 817 g/mol. The summed E-state index contributed by atoms with van der Waals surface area (Å²) in [7, 11) is 0. The fraction of sp³-hybridized carbons (Fsp3) is 0.188. The molecule has 0 radical (unpaired) electrons. The van der Waals surface area contributed by atoms with Gasteiger partial charge >= 0.3 is 0 Å². The van der Waals surface area contributed by atoms with E-state index in [1.54, 1.807) is 32.7 Å². The molecule has 0 aliphatic heterocycles. The van der Waals surface area contributed by atoms with E-state index in [1.807, 2.05) is 0 Å². The average Bonchev–Trinajstić information content (AvgIpc) is 3.99. The number of rotatable bonds is 4. The first-order valence-electron chi connectivity index (χ1n) is 24.3. The van der Waals surface area contributed by atoms with Gasteiger partial charge in [0.15, 0.2) is 0 Å². The lowest BCUT2D eigenvalue weighted by Crippen LogP contribution is -2.09. The predicted octanol–water partition coefficient (Wildman–Crippen LogP) is 18.9. The van der Waals surface area contributed by atoms with E-state index in [4.69, 9.17) is 0 Å². The summed E-state index contributed by atoms with van der Waals surface area (Å²) in [5.74, 6) is 1.15. The van der Waals surface area contributed by atoms with E-state index < -0.39 is 0 Å². The van der Waals surface area contributed by atoms with E-state index in [0.29, 0.717) is 11.8 Å². The number of hydrogen-bond donors (Lipinski definition) is 0. The molecular formula is C64H48. The third-order valence-corrected chi connectivity index (χ3v) is 16.6. The van der Waals surface area contributed by atoms with Crippen molar-refractivity contribution in [3.8, 4) is 44.5 Å². The minimum Gasteiger partial charge on any atom is -0.0622 e. The quantitative estimate of drug-likeness (QED) is 0.166. The normalized spacial score (nSPS) is 16.0. The van der Waals surface area contributed by atoms with Crippen molar-refractivity contribution in [1.29, 1.82) is 0 Å². The summed E-state index contributed by atoms with van der Waals surface area (Å²) < 4.78 is 0. The Bertz CT molecular complexity index is 3630. The molecular weight excluding hydrogens is 769 g/mol. The molecule has 0 atom stereocenters. The van der Waals surface area contributed by atoms with Crippen LogP contribution < -0.4 is 0 Å². The van der Waals surface area contributed by atoms with E-state index in [2.05, 4.69) is 158 Å². The van der Waals surface area contributed by atoms with Crippen molar-refractivity contribution in [3.63, 3.8) is 0 Å². The molecule has 0 unspecified atom stereocenters. The molecule has 0 nitrogen and oxygen atoms in total. The molecule has 3 aliphatic rings. The van der Waals surface area contributed by atoms with Gasteiger partial charge in [0, 0.05) is 0 Å². The van der Waals surface area contributed by atoms with Gasteiger partial charge in [0.25, 0.3) is 0 Å². The molecule has 12 aromatic carbocycles. The van der Waals surface area contributed by atoms with Crippen LogP contribution in [-0.4, -0.2) is 0 Å². The predicted molar refractivity (Wildman–Crippen MR) is 276 cm³/mol. The van der Waals surface area contributed by atoms with Gasteiger partial charge in [0.1, 0.15) is 0 Å². The van der Waals surface area contributed by atoms with Gasteiger partial charge in [-0.3, -0.25) is 0 Å². The van der Waals surface area contributed by atoms with E-state index in [0.717, 1.165) is 0 Å². The maximum absolute atomic E-state index is 2.72. The first kappa shape index (κ1) is 35.7. The molecule has 0 N–H and O–H groups in total. The van der Waals surface area contributed by atoms with Gasteiger partial charge in [-0.05, 0) is 191 Å². The maximum Gasteiger partial charge on any atom is -0.000740 e. The summed E-state index contributed by atoms with van der Waals surface area (Å²) in [6.07, 6.45) is 13.2. The van der Waals surface area contributed by atoms with Gasteiger partial charge < -0.3 is 0 Å². The lowest BCUT2D eigenvalue weighted by atomic mass is 9.75. The molecule has 2 saturated carbocycles. The van der Waals surface area contributed by atoms with Gasteiger partial charge in [-0.15, -0.1) is 0 Å². The Balaban J connectivity index is 1.11. The zero-order valence-electron chi connectivity index (χ0n) is 36.2. The van der Waals surface area contributed by atoms with Crippen molar-refractivity contribution in [2.45, 2.75) is 76.0 Å². The molecule has 0 aromatic heterocycles. The minimum absolute atomic E-state index is 0.573. The molecule has 3 aliphatic carbocycles.